The number of nitrogens with zero attached hydrogens (tertiary/aromatic N) is 6. The normalized spacial score (nSPS) is 17.4. The molecular formula is C89H77N6O8PS+2. The number of carbonyl (C=O) groups is 2. The van der Waals surface area contributed by atoms with E-state index in [0.717, 1.165) is 137 Å². The van der Waals surface area contributed by atoms with Gasteiger partial charge in [0.2, 0.25) is 17.0 Å². The highest BCUT2D eigenvalue weighted by molar-refractivity contribution is 8.04. The molecule has 4 heterocycles. The summed E-state index contributed by atoms with van der Waals surface area (Å²) in [5.41, 5.74) is 8.12. The third-order valence-corrected chi connectivity index (χ3v) is 22.4. The zero-order valence-corrected chi connectivity index (χ0v) is 60.3. The SMILES string of the molecule is C=CCC1(C)C(/C(C#N)=C/C=C/C=C2/Sc3c(c4ccccc4c4ccccc34)N2CCOC=O)=[N+](CCC(=O)O)c2c1c1ccccc1c1ccccc21.C=CCC1(C)C(=CC=CC=C(C#N)c2oc3cc4ccccc4cc3[n+]2CCC)N(CCP(=O)(O)O)c2c1c1ccccc1c1ccccc21. The van der Waals surface area contributed by atoms with Gasteiger partial charge in [0.25, 0.3) is 12.0 Å². The van der Waals surface area contributed by atoms with Gasteiger partial charge in [0.15, 0.2) is 18.7 Å². The smallest absolute Gasteiger partial charge is 0.392 e. The molecular weight excluding hydrogens is 1340 g/mol. The van der Waals surface area contributed by atoms with Gasteiger partial charge in [0, 0.05) is 51.4 Å². The van der Waals surface area contributed by atoms with E-state index >= 15 is 0 Å². The summed E-state index contributed by atoms with van der Waals surface area (Å²) in [6.45, 7) is 16.9. The monoisotopic (exact) mass is 1420 g/mol. The van der Waals surface area contributed by atoms with Crippen LogP contribution in [0.3, 0.4) is 0 Å². The zero-order chi connectivity index (χ0) is 73.2. The fourth-order valence-electron chi connectivity index (χ4n) is 16.2. The van der Waals surface area contributed by atoms with Gasteiger partial charge in [0.05, 0.1) is 39.9 Å². The number of ether oxygens (including phenoxy) is 1. The molecule has 0 fully saturated rings. The molecule has 105 heavy (non-hydrogen) atoms. The van der Waals surface area contributed by atoms with Crippen molar-refractivity contribution < 1.29 is 47.3 Å². The van der Waals surface area contributed by atoms with E-state index in [1.165, 1.54) is 5.39 Å². The molecule has 3 aliphatic heterocycles. The number of allylic oxidation sites excluding steroid dienone is 13. The quantitative estimate of drug-likeness (QED) is 0.00848. The van der Waals surface area contributed by atoms with Gasteiger partial charge in [-0.25, -0.2) is 0 Å². The number of rotatable bonds is 22. The van der Waals surface area contributed by atoms with Crippen molar-refractivity contribution in [1.29, 1.82) is 10.5 Å². The van der Waals surface area contributed by atoms with Crippen molar-refractivity contribution >= 4 is 147 Å². The summed E-state index contributed by atoms with van der Waals surface area (Å²) in [6.07, 6.45) is 20.6. The fraction of sp³-hybridized carbons (Fsp3) is 0.169. The van der Waals surface area contributed by atoms with Gasteiger partial charge < -0.3 is 33.8 Å². The number of anilines is 2. The minimum absolute atomic E-state index is 0.0975. The molecule has 11 aromatic carbocycles. The molecule has 0 radical (unpaired) electrons. The number of carboxylic acid groups (broad SMARTS) is 1. The van der Waals surface area contributed by atoms with E-state index in [0.29, 0.717) is 49.4 Å². The highest BCUT2D eigenvalue weighted by Crippen LogP contribution is 2.58. The highest BCUT2D eigenvalue weighted by atomic mass is 32.2. The molecule has 14 nitrogen and oxygen atoms in total. The number of hydrogen-bond acceptors (Lipinski definition) is 10. The third-order valence-electron chi connectivity index (χ3n) is 20.5. The minimum Gasteiger partial charge on any atom is -0.481 e. The van der Waals surface area contributed by atoms with E-state index in [1.807, 2.05) is 127 Å². The number of carboxylic acids is 1. The van der Waals surface area contributed by atoms with Crippen LogP contribution in [0.15, 0.2) is 282 Å². The van der Waals surface area contributed by atoms with Crippen molar-refractivity contribution in [1.82, 2.24) is 0 Å². The number of carbonyl (C=O) groups excluding carboxylic acids is 1. The molecule has 0 amide bonds. The molecule has 0 spiro atoms. The first-order chi connectivity index (χ1) is 51.1. The Labute approximate surface area is 613 Å². The van der Waals surface area contributed by atoms with Crippen LogP contribution in [-0.4, -0.2) is 70.0 Å². The maximum atomic E-state index is 12.2. The number of aromatic nitrogens is 1. The summed E-state index contributed by atoms with van der Waals surface area (Å²) in [4.78, 5) is 48.6. The Morgan fingerprint density at radius 1 is 0.619 bits per heavy atom. The van der Waals surface area contributed by atoms with Gasteiger partial charge in [-0.3, -0.25) is 14.2 Å². The number of hydrogen-bond donors (Lipinski definition) is 3. The van der Waals surface area contributed by atoms with E-state index < -0.39 is 24.4 Å². The molecule has 3 aliphatic rings. The van der Waals surface area contributed by atoms with Gasteiger partial charge in [-0.05, 0) is 128 Å². The number of thioether (sulfide) groups is 1. The van der Waals surface area contributed by atoms with Crippen molar-refractivity contribution in [2.45, 2.75) is 68.7 Å². The molecule has 3 N–H and O–H groups in total. The van der Waals surface area contributed by atoms with Gasteiger partial charge >= 0.3 is 19.5 Å². The maximum absolute atomic E-state index is 12.2. The fourth-order valence-corrected chi connectivity index (χ4v) is 17.9. The van der Waals surface area contributed by atoms with Crippen LogP contribution in [0.2, 0.25) is 0 Å². The number of fused-ring (bicyclic) bond motifs is 20. The molecule has 2 unspecified atom stereocenters. The van der Waals surface area contributed by atoms with E-state index in [-0.39, 0.29) is 32.3 Å². The van der Waals surface area contributed by atoms with Crippen molar-refractivity contribution in [3.63, 3.8) is 0 Å². The Morgan fingerprint density at radius 2 is 1.12 bits per heavy atom. The van der Waals surface area contributed by atoms with Crippen LogP contribution in [0.4, 0.5) is 17.1 Å². The van der Waals surface area contributed by atoms with E-state index in [9.17, 15) is 39.6 Å². The van der Waals surface area contributed by atoms with Crippen LogP contribution >= 0.6 is 19.4 Å². The molecule has 0 saturated heterocycles. The summed E-state index contributed by atoms with van der Waals surface area (Å²) in [7, 11) is -4.31. The summed E-state index contributed by atoms with van der Waals surface area (Å²) in [6, 6.07) is 67.0. The Balaban J connectivity index is 0.000000178. The van der Waals surface area contributed by atoms with Crippen molar-refractivity contribution in [2.24, 2.45) is 0 Å². The predicted molar refractivity (Wildman–Crippen MR) is 426 cm³/mol. The van der Waals surface area contributed by atoms with Crippen LogP contribution in [0.1, 0.15) is 63.5 Å². The van der Waals surface area contributed by atoms with Crippen molar-refractivity contribution in [2.75, 3.05) is 42.2 Å². The third kappa shape index (κ3) is 12.8. The molecule has 15 rings (SSSR count). The van der Waals surface area contributed by atoms with Gasteiger partial charge in [-0.2, -0.15) is 19.7 Å². The molecule has 1 aromatic heterocycles. The number of aliphatic carboxylic acids is 1. The van der Waals surface area contributed by atoms with E-state index in [2.05, 4.69) is 174 Å². The van der Waals surface area contributed by atoms with Gasteiger partial charge in [-0.15, -0.1) is 13.2 Å². The number of nitriles is 2. The second kappa shape index (κ2) is 29.6. The number of oxazole rings is 1. The Kier molecular flexibility index (Phi) is 19.8. The molecule has 520 valence electrons. The lowest BCUT2D eigenvalue weighted by molar-refractivity contribution is -0.678. The Bertz CT molecular complexity index is 5980. The number of aryl methyl sites for hydroxylation is 1. The van der Waals surface area contributed by atoms with E-state index in [4.69, 9.17) is 9.15 Å². The summed E-state index contributed by atoms with van der Waals surface area (Å²) < 4.78 is 27.9. The lowest BCUT2D eigenvalue weighted by atomic mass is 9.72. The second-order valence-electron chi connectivity index (χ2n) is 26.9. The van der Waals surface area contributed by atoms with Crippen LogP contribution in [0, 0.1) is 22.7 Å². The Morgan fingerprint density at radius 3 is 1.70 bits per heavy atom. The molecule has 12 aromatic rings. The average molecular weight is 1420 g/mol. The van der Waals surface area contributed by atoms with Crippen LogP contribution < -0.4 is 14.4 Å². The first kappa shape index (κ1) is 70.4. The minimum atomic E-state index is -4.31. The number of benzene rings is 11. The summed E-state index contributed by atoms with van der Waals surface area (Å²) in [5.74, 6) is -0.404. The second-order valence-corrected chi connectivity index (χ2v) is 29.7. The summed E-state index contributed by atoms with van der Waals surface area (Å²) >= 11 is 1.67. The molecule has 16 heteroatoms. The van der Waals surface area contributed by atoms with Crippen LogP contribution in [0.5, 0.6) is 0 Å². The first-order valence-electron chi connectivity index (χ1n) is 35.2. The Hall–Kier alpha value is -11.7. The largest absolute Gasteiger partial charge is 0.481 e. The van der Waals surface area contributed by atoms with Crippen LogP contribution in [0.25, 0.3) is 92.1 Å². The molecule has 0 bridgehead atoms. The molecule has 2 atom stereocenters. The van der Waals surface area contributed by atoms with Gasteiger partial charge in [-0.1, -0.05) is 219 Å². The molecule has 0 saturated carbocycles. The standard InChI is InChI=1S/C47H37N3O4S.C42H38N3O4P/c1-3-25-47(2)42-36-19-9-5-15-32(36)33-16-6-10-20-37(33)43(42)50(26-24-41(52)53)46(47)31(29-48)14-4-13-23-40-49(27-28-54-30-51)44-38-21-11-7-17-34(38)35-18-8-12-22-39(35)45(44)55-40;1-4-22-42(3)38(45(24-25-50(46,47)48)40-35-20-12-10-18-33(35)32-17-9-11-19-34(32)39(40)42)21-13-8-16-31(28-43)41-44(23-5-2)36-26-29-14-6-7-15-30(29)27-37(36)49-41/h3-23,30H,1,24-28H2,2H3;4,6-21,26-27H,1,5,22-25H2,2-3H3,(H-,46,47,48)/p+2. The topological polar surface area (TPSA) is 195 Å². The highest BCUT2D eigenvalue weighted by Gasteiger charge is 2.52. The lowest BCUT2D eigenvalue weighted by Crippen LogP contribution is -2.35. The zero-order valence-electron chi connectivity index (χ0n) is 58.6. The maximum Gasteiger partial charge on any atom is 0.392 e. The van der Waals surface area contributed by atoms with Crippen LogP contribution in [-0.2, 0) is 36.3 Å². The first-order valence-corrected chi connectivity index (χ1v) is 37.8. The average Bonchev–Trinajstić information content (AvgIpc) is 1.56. The van der Waals surface area contributed by atoms with Gasteiger partial charge in [0.1, 0.15) is 30.7 Å². The molecule has 0 aliphatic carbocycles. The summed E-state index contributed by atoms with van der Waals surface area (Å²) in [5, 5.41) is 47.5. The predicted octanol–water partition coefficient (Wildman–Crippen LogP) is 19.8. The van der Waals surface area contributed by atoms with Crippen molar-refractivity contribution in [3.8, 4) is 12.1 Å². The lowest BCUT2D eigenvalue weighted by Gasteiger charge is -2.30. The van der Waals surface area contributed by atoms with E-state index in [1.54, 1.807) is 17.8 Å². The van der Waals surface area contributed by atoms with Crippen molar-refractivity contribution in [3.05, 3.63) is 289 Å².